The highest BCUT2D eigenvalue weighted by molar-refractivity contribution is 7.07. The first-order valence-electron chi connectivity index (χ1n) is 6.08. The first-order chi connectivity index (χ1) is 9.50. The van der Waals surface area contributed by atoms with E-state index in [2.05, 4.69) is 26.6 Å². The zero-order chi connectivity index (χ0) is 14.7. The SMILES string of the molecule is CN(C)[C@@H](CNc1c([N+](=O)[O-])ncn1C)c1ccsc1. The molecule has 0 aliphatic rings. The van der Waals surface area contributed by atoms with Crippen molar-refractivity contribution >= 4 is 23.0 Å². The Balaban J connectivity index is 2.14. The third-order valence-electron chi connectivity index (χ3n) is 3.10. The number of nitrogens with zero attached hydrogens (tertiary/aromatic N) is 4. The van der Waals surface area contributed by atoms with Gasteiger partial charge < -0.3 is 20.3 Å². The van der Waals surface area contributed by atoms with Crippen molar-refractivity contribution in [1.82, 2.24) is 14.5 Å². The van der Waals surface area contributed by atoms with E-state index >= 15 is 0 Å². The number of nitrogens with one attached hydrogen (secondary N) is 1. The Morgan fingerprint density at radius 3 is 2.90 bits per heavy atom. The van der Waals surface area contributed by atoms with Crippen molar-refractivity contribution < 1.29 is 4.92 Å². The molecule has 0 saturated heterocycles. The average Bonchev–Trinajstić information content (AvgIpc) is 3.00. The summed E-state index contributed by atoms with van der Waals surface area (Å²) in [7, 11) is 5.71. The van der Waals surface area contributed by atoms with Crippen LogP contribution in [0.15, 0.2) is 23.2 Å². The summed E-state index contributed by atoms with van der Waals surface area (Å²) < 4.78 is 1.62. The lowest BCUT2D eigenvalue weighted by Gasteiger charge is -2.24. The van der Waals surface area contributed by atoms with Gasteiger partial charge in [-0.2, -0.15) is 11.3 Å². The number of hydrogen-bond donors (Lipinski definition) is 1. The van der Waals surface area contributed by atoms with E-state index in [4.69, 9.17) is 0 Å². The fourth-order valence-corrected chi connectivity index (χ4v) is 2.72. The summed E-state index contributed by atoms with van der Waals surface area (Å²) in [5.74, 6) is 0.285. The van der Waals surface area contributed by atoms with Crippen LogP contribution in [0.2, 0.25) is 0 Å². The first kappa shape index (κ1) is 14.5. The molecule has 1 atom stereocenters. The molecule has 0 bridgehead atoms. The van der Waals surface area contributed by atoms with Crippen molar-refractivity contribution in [2.45, 2.75) is 6.04 Å². The van der Waals surface area contributed by atoms with Crippen LogP contribution in [0.4, 0.5) is 11.6 Å². The second-order valence-corrected chi connectivity index (χ2v) is 5.48. The van der Waals surface area contributed by atoms with Gasteiger partial charge in [0.2, 0.25) is 12.1 Å². The maximum absolute atomic E-state index is 10.9. The van der Waals surface area contributed by atoms with Gasteiger partial charge in [-0.15, -0.1) is 0 Å². The van der Waals surface area contributed by atoms with Gasteiger partial charge >= 0.3 is 5.82 Å². The van der Waals surface area contributed by atoms with E-state index in [1.807, 2.05) is 19.5 Å². The smallest absolute Gasteiger partial charge is 0.362 e. The molecule has 0 spiro atoms. The molecule has 7 nitrogen and oxygen atoms in total. The van der Waals surface area contributed by atoms with Crippen molar-refractivity contribution in [3.63, 3.8) is 0 Å². The predicted molar refractivity (Wildman–Crippen MR) is 79.1 cm³/mol. The van der Waals surface area contributed by atoms with Crippen LogP contribution >= 0.6 is 11.3 Å². The Bertz CT molecular complexity index is 579. The van der Waals surface area contributed by atoms with E-state index < -0.39 is 4.92 Å². The fraction of sp³-hybridized carbons (Fsp3) is 0.417. The first-order valence-corrected chi connectivity index (χ1v) is 7.03. The molecule has 0 fully saturated rings. The highest BCUT2D eigenvalue weighted by atomic mass is 32.1. The topological polar surface area (TPSA) is 76.2 Å². The van der Waals surface area contributed by atoms with Crippen molar-refractivity contribution in [1.29, 1.82) is 0 Å². The van der Waals surface area contributed by atoms with Crippen LogP contribution in [0.5, 0.6) is 0 Å². The highest BCUT2D eigenvalue weighted by Gasteiger charge is 2.22. The van der Waals surface area contributed by atoms with Crippen LogP contribution in [-0.2, 0) is 7.05 Å². The number of rotatable bonds is 6. The van der Waals surface area contributed by atoms with Crippen molar-refractivity contribution in [2.75, 3.05) is 26.0 Å². The molecule has 0 unspecified atom stereocenters. The van der Waals surface area contributed by atoms with Gasteiger partial charge in [0.25, 0.3) is 0 Å². The number of likely N-dealkylation sites (N-methyl/N-ethyl adjacent to an activating group) is 1. The van der Waals surface area contributed by atoms with E-state index in [9.17, 15) is 10.1 Å². The fourth-order valence-electron chi connectivity index (χ4n) is 2.01. The van der Waals surface area contributed by atoms with Gasteiger partial charge in [-0.3, -0.25) is 4.57 Å². The molecule has 8 heteroatoms. The van der Waals surface area contributed by atoms with Gasteiger partial charge in [-0.1, -0.05) is 0 Å². The van der Waals surface area contributed by atoms with Gasteiger partial charge in [0.05, 0.1) is 6.04 Å². The minimum atomic E-state index is -0.475. The zero-order valence-electron chi connectivity index (χ0n) is 11.6. The number of aromatic nitrogens is 2. The molecule has 108 valence electrons. The summed E-state index contributed by atoms with van der Waals surface area (Å²) in [5.41, 5.74) is 1.19. The molecule has 0 saturated carbocycles. The Labute approximate surface area is 121 Å². The third-order valence-corrected chi connectivity index (χ3v) is 3.81. The number of thiophene rings is 1. The van der Waals surface area contributed by atoms with Crippen LogP contribution in [0.3, 0.4) is 0 Å². The lowest BCUT2D eigenvalue weighted by molar-refractivity contribution is -0.388. The molecule has 0 aliphatic carbocycles. The van der Waals surface area contributed by atoms with E-state index in [0.29, 0.717) is 12.4 Å². The van der Waals surface area contributed by atoms with Crippen molar-refractivity contribution in [2.24, 2.45) is 7.05 Å². The maximum atomic E-state index is 10.9. The van der Waals surface area contributed by atoms with Gasteiger partial charge in [0, 0.05) is 13.6 Å². The largest absolute Gasteiger partial charge is 0.406 e. The molecule has 2 aromatic rings. The van der Waals surface area contributed by atoms with Gasteiger partial charge in [-0.05, 0) is 46.4 Å². The predicted octanol–water partition coefficient (Wildman–Crippen LogP) is 2.10. The number of imidazole rings is 1. The Kier molecular flexibility index (Phi) is 4.35. The molecule has 2 aromatic heterocycles. The maximum Gasteiger partial charge on any atom is 0.406 e. The second-order valence-electron chi connectivity index (χ2n) is 4.70. The molecule has 0 amide bonds. The molecule has 20 heavy (non-hydrogen) atoms. The molecule has 0 aromatic carbocycles. The number of anilines is 1. The monoisotopic (exact) mass is 295 g/mol. The Morgan fingerprint density at radius 2 is 2.35 bits per heavy atom. The van der Waals surface area contributed by atoms with Gasteiger partial charge in [0.1, 0.15) is 0 Å². The summed E-state index contributed by atoms with van der Waals surface area (Å²) in [6.45, 7) is 0.574. The summed E-state index contributed by atoms with van der Waals surface area (Å²) in [4.78, 5) is 16.3. The Morgan fingerprint density at radius 1 is 1.60 bits per heavy atom. The van der Waals surface area contributed by atoms with E-state index in [1.54, 1.807) is 23.0 Å². The quantitative estimate of drug-likeness (QED) is 0.652. The van der Waals surface area contributed by atoms with Crippen LogP contribution in [0.25, 0.3) is 0 Å². The average molecular weight is 295 g/mol. The molecular formula is C12H17N5O2S. The summed E-state index contributed by atoms with van der Waals surface area (Å²) in [6.07, 6.45) is 1.44. The number of nitro groups is 1. The standard InChI is InChI=1S/C12H17N5O2S/c1-15(2)10(9-4-5-20-7-9)6-13-11-12(17(18)19)14-8-16(11)3/h4-5,7-8,10,13H,6H2,1-3H3/t10-/m0/s1. The normalized spacial score (nSPS) is 12.6. The minimum absolute atomic E-state index is 0.143. The molecule has 1 N–H and O–H groups in total. The molecule has 2 rings (SSSR count). The van der Waals surface area contributed by atoms with Gasteiger partial charge in [-0.25, -0.2) is 0 Å². The number of hydrogen-bond acceptors (Lipinski definition) is 6. The van der Waals surface area contributed by atoms with E-state index in [0.717, 1.165) is 0 Å². The number of aryl methyl sites for hydroxylation is 1. The summed E-state index contributed by atoms with van der Waals surface area (Å²) in [5, 5.41) is 18.2. The van der Waals surface area contributed by atoms with Crippen molar-refractivity contribution in [3.05, 3.63) is 38.8 Å². The lowest BCUT2D eigenvalue weighted by Crippen LogP contribution is -2.27. The molecule has 0 aliphatic heterocycles. The van der Waals surface area contributed by atoms with Crippen LogP contribution in [-0.4, -0.2) is 40.0 Å². The van der Waals surface area contributed by atoms with Crippen LogP contribution in [0, 0.1) is 10.1 Å². The lowest BCUT2D eigenvalue weighted by atomic mass is 10.1. The zero-order valence-corrected chi connectivity index (χ0v) is 12.4. The third kappa shape index (κ3) is 2.97. The van der Waals surface area contributed by atoms with Crippen LogP contribution < -0.4 is 5.32 Å². The Hall–Kier alpha value is -1.93. The van der Waals surface area contributed by atoms with Crippen LogP contribution in [0.1, 0.15) is 11.6 Å². The highest BCUT2D eigenvalue weighted by Crippen LogP contribution is 2.25. The van der Waals surface area contributed by atoms with Crippen molar-refractivity contribution in [3.8, 4) is 0 Å². The second kappa shape index (κ2) is 6.02. The van der Waals surface area contributed by atoms with E-state index in [1.165, 1.54) is 11.9 Å². The molecular weight excluding hydrogens is 278 g/mol. The van der Waals surface area contributed by atoms with Gasteiger partial charge in [0.15, 0.2) is 0 Å². The minimum Gasteiger partial charge on any atom is -0.362 e. The summed E-state index contributed by atoms with van der Waals surface area (Å²) >= 11 is 1.64. The molecule has 0 radical (unpaired) electrons. The molecule has 2 heterocycles. The summed E-state index contributed by atoms with van der Waals surface area (Å²) in [6, 6.07) is 2.21. The van der Waals surface area contributed by atoms with E-state index in [-0.39, 0.29) is 11.9 Å².